The van der Waals surface area contributed by atoms with E-state index in [9.17, 15) is 0 Å². The lowest BCUT2D eigenvalue weighted by molar-refractivity contribution is 0.402. The largest absolute Gasteiger partial charge is 0.504 e. The number of fused-ring (bicyclic) bond motifs is 2. The third-order valence-electron chi connectivity index (χ3n) is 5.05. The lowest BCUT2D eigenvalue weighted by Gasteiger charge is -2.33. The molecule has 0 radical (unpaired) electrons. The van der Waals surface area contributed by atoms with Gasteiger partial charge in [0.1, 0.15) is 0 Å². The molecule has 0 unspecified atom stereocenters. The fraction of sp³-hybridized carbons (Fsp3) is 0.280. The Morgan fingerprint density at radius 2 is 1.69 bits per heavy atom. The van der Waals surface area contributed by atoms with Gasteiger partial charge in [0.2, 0.25) is 0 Å². The van der Waals surface area contributed by atoms with Crippen molar-refractivity contribution >= 4 is 34.7 Å². The highest BCUT2D eigenvalue weighted by molar-refractivity contribution is 7.99. The van der Waals surface area contributed by atoms with Crippen LogP contribution in [0.2, 0.25) is 5.02 Å². The maximum absolute atomic E-state index is 9.04. The topological polar surface area (TPSA) is 73.0 Å². The van der Waals surface area contributed by atoms with Gasteiger partial charge in [0.15, 0.2) is 11.5 Å². The summed E-state index contributed by atoms with van der Waals surface area (Å²) in [6.45, 7) is 2.63. The van der Waals surface area contributed by atoms with Gasteiger partial charge in [0, 0.05) is 21.4 Å². The lowest BCUT2D eigenvalue weighted by Crippen LogP contribution is -2.25. The Bertz CT molecular complexity index is 1050. The van der Waals surface area contributed by atoms with Crippen molar-refractivity contribution in [3.05, 3.63) is 71.2 Å². The molecule has 4 N–H and O–H groups in total. The molecule has 1 heterocycles. The number of benzene rings is 3. The minimum absolute atomic E-state index is 0.0871. The highest BCUT2D eigenvalue weighted by Crippen LogP contribution is 2.48. The van der Waals surface area contributed by atoms with Crippen molar-refractivity contribution in [1.29, 1.82) is 0 Å². The molecule has 0 saturated carbocycles. The van der Waals surface area contributed by atoms with Crippen LogP contribution in [0.5, 0.6) is 11.5 Å². The molecule has 0 aromatic heterocycles. The van der Waals surface area contributed by atoms with Crippen LogP contribution in [0.4, 0.5) is 11.4 Å². The number of anilines is 2. The Morgan fingerprint density at radius 3 is 2.41 bits per heavy atom. The summed E-state index contributed by atoms with van der Waals surface area (Å²) in [7, 11) is 4.23. The minimum Gasteiger partial charge on any atom is -0.504 e. The third-order valence-corrected chi connectivity index (χ3v) is 6.41. The summed E-state index contributed by atoms with van der Waals surface area (Å²) < 4.78 is 0. The van der Waals surface area contributed by atoms with Gasteiger partial charge in [-0.15, -0.1) is 0 Å². The quantitative estimate of drug-likeness (QED) is 0.412. The van der Waals surface area contributed by atoms with E-state index in [1.54, 1.807) is 6.07 Å². The van der Waals surface area contributed by atoms with Gasteiger partial charge in [0.05, 0.1) is 11.4 Å². The van der Waals surface area contributed by atoms with E-state index in [1.807, 2.05) is 17.8 Å². The number of para-hydroxylation sites is 1. The minimum atomic E-state index is -0.0919. The number of phenols is 2. The fourth-order valence-corrected chi connectivity index (χ4v) is 4.72. The van der Waals surface area contributed by atoms with Gasteiger partial charge in [-0.2, -0.15) is 0 Å². The first-order valence-electron chi connectivity index (χ1n) is 10.6. The van der Waals surface area contributed by atoms with E-state index < -0.39 is 0 Å². The monoisotopic (exact) mass is 471 g/mol. The first-order chi connectivity index (χ1) is 15.4. The van der Waals surface area contributed by atoms with Gasteiger partial charge in [-0.25, -0.2) is 0 Å². The van der Waals surface area contributed by atoms with Crippen LogP contribution < -0.4 is 10.6 Å². The molecule has 0 amide bonds. The van der Waals surface area contributed by atoms with Gasteiger partial charge in [-0.05, 0) is 88.1 Å². The zero-order chi connectivity index (χ0) is 23.1. The summed E-state index contributed by atoms with van der Waals surface area (Å²) in [5.74, 6) is -0.179. The zero-order valence-corrected chi connectivity index (χ0v) is 20.0. The van der Waals surface area contributed by atoms with Crippen LogP contribution in [-0.4, -0.2) is 48.8 Å². The second-order valence-corrected chi connectivity index (χ2v) is 9.37. The molecule has 5 nitrogen and oxygen atoms in total. The van der Waals surface area contributed by atoms with Crippen molar-refractivity contribution in [1.82, 2.24) is 4.90 Å². The maximum Gasteiger partial charge on any atom is 0.157 e. The zero-order valence-electron chi connectivity index (χ0n) is 18.5. The second kappa shape index (κ2) is 11.5. The van der Waals surface area contributed by atoms with E-state index in [1.165, 1.54) is 33.3 Å². The molecule has 7 heteroatoms. The van der Waals surface area contributed by atoms with Gasteiger partial charge >= 0.3 is 0 Å². The normalized spacial score (nSPS) is 12.1. The molecule has 0 fully saturated rings. The van der Waals surface area contributed by atoms with E-state index in [-0.39, 0.29) is 11.5 Å². The van der Waals surface area contributed by atoms with E-state index in [2.05, 4.69) is 60.3 Å². The first kappa shape index (κ1) is 24.3. The van der Waals surface area contributed by atoms with Crippen LogP contribution in [-0.2, 0) is 6.42 Å². The highest BCUT2D eigenvalue weighted by atomic mass is 35.5. The van der Waals surface area contributed by atoms with Crippen molar-refractivity contribution in [2.45, 2.75) is 22.6 Å². The van der Waals surface area contributed by atoms with E-state index in [4.69, 9.17) is 27.5 Å². The molecule has 3 aromatic rings. The molecule has 3 aromatic carbocycles. The molecular weight excluding hydrogens is 442 g/mol. The SMILES string of the molecule is CN(C)CCCN1c2ccccc2Sc2ccc(Cl)cc21.NCCc1ccc(O)c(O)c1. The van der Waals surface area contributed by atoms with E-state index in [0.29, 0.717) is 13.0 Å². The van der Waals surface area contributed by atoms with Crippen LogP contribution in [0.1, 0.15) is 12.0 Å². The highest BCUT2D eigenvalue weighted by Gasteiger charge is 2.22. The van der Waals surface area contributed by atoms with Crippen LogP contribution >= 0.6 is 23.4 Å². The predicted molar refractivity (Wildman–Crippen MR) is 135 cm³/mol. The van der Waals surface area contributed by atoms with Gasteiger partial charge in [0.25, 0.3) is 0 Å². The number of aromatic hydroxyl groups is 2. The number of nitrogens with zero attached hydrogens (tertiary/aromatic N) is 2. The molecule has 32 heavy (non-hydrogen) atoms. The second-order valence-electron chi connectivity index (χ2n) is 7.85. The summed E-state index contributed by atoms with van der Waals surface area (Å²) in [5.41, 5.74) is 8.75. The van der Waals surface area contributed by atoms with E-state index in [0.717, 1.165) is 30.1 Å². The molecule has 1 aliphatic rings. The fourth-order valence-electron chi connectivity index (χ4n) is 3.48. The Hall–Kier alpha value is -2.38. The van der Waals surface area contributed by atoms with Crippen LogP contribution in [0, 0.1) is 0 Å². The molecular formula is C25H30ClN3O2S. The summed E-state index contributed by atoms with van der Waals surface area (Å²) in [4.78, 5) is 7.22. The number of nitrogens with two attached hydrogens (primary N) is 1. The number of hydrogen-bond acceptors (Lipinski definition) is 6. The van der Waals surface area contributed by atoms with Crippen molar-refractivity contribution < 1.29 is 10.2 Å². The smallest absolute Gasteiger partial charge is 0.157 e. The number of rotatable bonds is 6. The molecule has 1 aliphatic heterocycles. The van der Waals surface area contributed by atoms with Crippen molar-refractivity contribution in [3.8, 4) is 11.5 Å². The molecule has 0 bridgehead atoms. The van der Waals surface area contributed by atoms with Crippen LogP contribution in [0.25, 0.3) is 0 Å². The van der Waals surface area contributed by atoms with Crippen molar-refractivity contribution in [3.63, 3.8) is 0 Å². The van der Waals surface area contributed by atoms with Crippen molar-refractivity contribution in [2.75, 3.05) is 38.6 Å². The number of halogens is 1. The molecule has 0 atom stereocenters. The third kappa shape index (κ3) is 6.33. The Labute approximate surface area is 199 Å². The van der Waals surface area contributed by atoms with Crippen LogP contribution in [0.15, 0.2) is 70.5 Å². The van der Waals surface area contributed by atoms with Gasteiger partial charge < -0.3 is 25.7 Å². The summed E-state index contributed by atoms with van der Waals surface area (Å²) in [5, 5.41) is 18.8. The van der Waals surface area contributed by atoms with Gasteiger partial charge in [-0.3, -0.25) is 0 Å². The summed E-state index contributed by atoms with van der Waals surface area (Å²) >= 11 is 8.03. The summed E-state index contributed by atoms with van der Waals surface area (Å²) in [6, 6.07) is 19.5. The Kier molecular flexibility index (Phi) is 8.70. The summed E-state index contributed by atoms with van der Waals surface area (Å²) in [6.07, 6.45) is 1.84. The molecule has 0 aliphatic carbocycles. The van der Waals surface area contributed by atoms with Gasteiger partial charge in [-0.1, -0.05) is 41.6 Å². The predicted octanol–water partition coefficient (Wildman–Crippen LogP) is 5.49. The standard InChI is InChI=1S/C17H19ClN2S.C8H11NO2/c1-19(2)10-5-11-20-14-6-3-4-7-16(14)21-17-9-8-13(18)12-15(17)20;9-4-3-6-1-2-7(10)8(11)5-6/h3-4,6-9,12H,5,10-11H2,1-2H3;1-2,5,10-11H,3-4,9H2. The maximum atomic E-state index is 9.04. The number of hydrogen-bond donors (Lipinski definition) is 3. The number of phenolic OH excluding ortho intramolecular Hbond substituents is 2. The Morgan fingerprint density at radius 1 is 0.938 bits per heavy atom. The molecule has 0 spiro atoms. The van der Waals surface area contributed by atoms with Crippen LogP contribution in [0.3, 0.4) is 0 Å². The average Bonchev–Trinajstić information content (AvgIpc) is 2.76. The molecule has 170 valence electrons. The van der Waals surface area contributed by atoms with E-state index >= 15 is 0 Å². The Balaban J connectivity index is 0.000000222. The molecule has 4 rings (SSSR count). The average molecular weight is 472 g/mol. The first-order valence-corrected chi connectivity index (χ1v) is 11.8. The lowest BCUT2D eigenvalue weighted by atomic mass is 10.1. The van der Waals surface area contributed by atoms with Crippen molar-refractivity contribution in [2.24, 2.45) is 5.73 Å². The molecule has 0 saturated heterocycles.